The van der Waals surface area contributed by atoms with E-state index >= 15 is 0 Å². The molecule has 0 aromatic rings. The zero-order chi connectivity index (χ0) is 8.69. The molecule has 0 heterocycles. The summed E-state index contributed by atoms with van der Waals surface area (Å²) in [7, 11) is 0. The van der Waals surface area contributed by atoms with Gasteiger partial charge >= 0.3 is 0 Å². The van der Waals surface area contributed by atoms with Crippen LogP contribution in [0.5, 0.6) is 0 Å². The molecule has 2 atom stereocenters. The van der Waals surface area contributed by atoms with Crippen molar-refractivity contribution in [2.45, 2.75) is 26.6 Å². The molecule has 0 saturated carbocycles. The van der Waals surface area contributed by atoms with Crippen LogP contribution in [0.3, 0.4) is 0 Å². The molecular formula is C8H12F2O. The standard InChI is InChI=1S/C8H12F2O/c1-3-5-7(9)11-8(10)6-4-2/h3-8H,1-2H3. The van der Waals surface area contributed by atoms with Gasteiger partial charge in [0.15, 0.2) is 0 Å². The predicted octanol–water partition coefficient (Wildman–Crippen LogP) is 2.75. The van der Waals surface area contributed by atoms with Gasteiger partial charge in [-0.15, -0.1) is 0 Å². The van der Waals surface area contributed by atoms with Crippen molar-refractivity contribution >= 4 is 0 Å². The molecule has 3 heteroatoms. The summed E-state index contributed by atoms with van der Waals surface area (Å²) in [6, 6.07) is 0. The molecule has 0 spiro atoms. The summed E-state index contributed by atoms with van der Waals surface area (Å²) in [6.45, 7) is 3.28. The first kappa shape index (κ1) is 10.3. The van der Waals surface area contributed by atoms with Crippen molar-refractivity contribution in [2.24, 2.45) is 0 Å². The number of rotatable bonds is 4. The first-order chi connectivity index (χ1) is 5.20. The lowest BCUT2D eigenvalue weighted by Gasteiger charge is -2.06. The van der Waals surface area contributed by atoms with Crippen molar-refractivity contribution in [1.82, 2.24) is 0 Å². The van der Waals surface area contributed by atoms with Gasteiger partial charge in [0.2, 0.25) is 12.7 Å². The van der Waals surface area contributed by atoms with Gasteiger partial charge in [0.1, 0.15) is 0 Å². The lowest BCUT2D eigenvalue weighted by atomic mass is 10.5. The molecule has 0 radical (unpaired) electrons. The molecule has 0 aromatic carbocycles. The highest BCUT2D eigenvalue weighted by Gasteiger charge is 2.07. The zero-order valence-electron chi connectivity index (χ0n) is 6.63. The fourth-order valence-electron chi connectivity index (χ4n) is 0.518. The van der Waals surface area contributed by atoms with Crippen LogP contribution in [0.2, 0.25) is 0 Å². The Bertz CT molecular complexity index is 127. The van der Waals surface area contributed by atoms with E-state index in [1.54, 1.807) is 13.8 Å². The van der Waals surface area contributed by atoms with Crippen molar-refractivity contribution in [3.05, 3.63) is 24.3 Å². The molecule has 0 fully saturated rings. The largest absolute Gasteiger partial charge is 0.307 e. The highest BCUT2D eigenvalue weighted by atomic mass is 19.2. The van der Waals surface area contributed by atoms with Crippen molar-refractivity contribution in [3.8, 4) is 0 Å². The minimum absolute atomic E-state index is 1.14. The Morgan fingerprint density at radius 1 is 1.00 bits per heavy atom. The van der Waals surface area contributed by atoms with Gasteiger partial charge in [-0.25, -0.2) is 8.78 Å². The number of allylic oxidation sites excluding steroid dienone is 2. The normalized spacial score (nSPS) is 17.8. The average molecular weight is 162 g/mol. The molecule has 1 nitrogen and oxygen atoms in total. The summed E-state index contributed by atoms with van der Waals surface area (Å²) >= 11 is 0. The van der Waals surface area contributed by atoms with E-state index < -0.39 is 12.7 Å². The van der Waals surface area contributed by atoms with Crippen LogP contribution < -0.4 is 0 Å². The van der Waals surface area contributed by atoms with Crippen molar-refractivity contribution in [3.63, 3.8) is 0 Å². The molecular weight excluding hydrogens is 150 g/mol. The Labute approximate surface area is 65.4 Å². The summed E-state index contributed by atoms with van der Waals surface area (Å²) in [5.74, 6) is 0. The minimum atomic E-state index is -1.66. The predicted molar refractivity (Wildman–Crippen MR) is 40.5 cm³/mol. The average Bonchev–Trinajstić information content (AvgIpc) is 1.87. The van der Waals surface area contributed by atoms with E-state index in [1.807, 2.05) is 0 Å². The van der Waals surface area contributed by atoms with E-state index in [0.717, 1.165) is 12.2 Å². The summed E-state index contributed by atoms with van der Waals surface area (Å²) in [6.07, 6.45) is 1.88. The van der Waals surface area contributed by atoms with E-state index in [9.17, 15) is 8.78 Å². The zero-order valence-corrected chi connectivity index (χ0v) is 6.63. The first-order valence-electron chi connectivity index (χ1n) is 3.40. The van der Waals surface area contributed by atoms with Gasteiger partial charge in [0.05, 0.1) is 0 Å². The molecule has 0 bridgehead atoms. The molecule has 0 amide bonds. The van der Waals surface area contributed by atoms with Crippen molar-refractivity contribution in [1.29, 1.82) is 0 Å². The molecule has 64 valence electrons. The number of ether oxygens (including phenoxy) is 1. The van der Waals surface area contributed by atoms with Crippen LogP contribution in [0.15, 0.2) is 24.3 Å². The monoisotopic (exact) mass is 162 g/mol. The lowest BCUT2D eigenvalue weighted by molar-refractivity contribution is -0.0905. The maximum Gasteiger partial charge on any atom is 0.221 e. The Morgan fingerprint density at radius 2 is 1.36 bits per heavy atom. The number of alkyl halides is 2. The van der Waals surface area contributed by atoms with E-state index in [2.05, 4.69) is 4.74 Å². The molecule has 2 unspecified atom stereocenters. The molecule has 0 saturated heterocycles. The summed E-state index contributed by atoms with van der Waals surface area (Å²) in [5, 5.41) is 0. The second kappa shape index (κ2) is 6.04. The molecule has 0 aliphatic rings. The van der Waals surface area contributed by atoms with Crippen LogP contribution in [-0.2, 0) is 4.74 Å². The van der Waals surface area contributed by atoms with Gasteiger partial charge in [-0.3, -0.25) is 0 Å². The molecule has 0 aliphatic carbocycles. The van der Waals surface area contributed by atoms with Gasteiger partial charge in [-0.05, 0) is 26.0 Å². The first-order valence-corrected chi connectivity index (χ1v) is 3.40. The number of halogens is 2. The minimum Gasteiger partial charge on any atom is -0.307 e. The molecule has 0 rings (SSSR count). The Morgan fingerprint density at radius 3 is 1.64 bits per heavy atom. The third-order valence-corrected chi connectivity index (χ3v) is 0.948. The SMILES string of the molecule is CC=CC(F)OC(F)C=CC. The second-order valence-corrected chi connectivity index (χ2v) is 1.89. The molecule has 0 aliphatic heterocycles. The number of hydrogen-bond donors (Lipinski definition) is 0. The van der Waals surface area contributed by atoms with E-state index in [0.29, 0.717) is 0 Å². The summed E-state index contributed by atoms with van der Waals surface area (Å²) in [4.78, 5) is 0. The summed E-state index contributed by atoms with van der Waals surface area (Å²) < 4.78 is 29.0. The maximum absolute atomic E-state index is 12.4. The Balaban J connectivity index is 3.65. The maximum atomic E-state index is 12.4. The third-order valence-electron chi connectivity index (χ3n) is 0.948. The molecule has 11 heavy (non-hydrogen) atoms. The highest BCUT2D eigenvalue weighted by molar-refractivity contribution is 4.84. The van der Waals surface area contributed by atoms with Crippen LogP contribution >= 0.6 is 0 Å². The van der Waals surface area contributed by atoms with E-state index in [1.165, 1.54) is 12.2 Å². The molecule has 0 aromatic heterocycles. The van der Waals surface area contributed by atoms with Crippen LogP contribution in [-0.4, -0.2) is 12.7 Å². The van der Waals surface area contributed by atoms with Gasteiger partial charge in [0.25, 0.3) is 0 Å². The van der Waals surface area contributed by atoms with Gasteiger partial charge in [0, 0.05) is 0 Å². The fourth-order valence-corrected chi connectivity index (χ4v) is 0.518. The lowest BCUT2D eigenvalue weighted by Crippen LogP contribution is -2.09. The van der Waals surface area contributed by atoms with Crippen molar-refractivity contribution in [2.75, 3.05) is 0 Å². The van der Waals surface area contributed by atoms with Crippen LogP contribution in [0.25, 0.3) is 0 Å². The van der Waals surface area contributed by atoms with Crippen LogP contribution in [0.1, 0.15) is 13.8 Å². The van der Waals surface area contributed by atoms with Crippen molar-refractivity contribution < 1.29 is 13.5 Å². The van der Waals surface area contributed by atoms with Gasteiger partial charge < -0.3 is 4.74 Å². The van der Waals surface area contributed by atoms with E-state index in [-0.39, 0.29) is 0 Å². The second-order valence-electron chi connectivity index (χ2n) is 1.89. The van der Waals surface area contributed by atoms with Crippen LogP contribution in [0, 0.1) is 0 Å². The quantitative estimate of drug-likeness (QED) is 0.577. The van der Waals surface area contributed by atoms with E-state index in [4.69, 9.17) is 0 Å². The fraction of sp³-hybridized carbons (Fsp3) is 0.500. The Kier molecular flexibility index (Phi) is 5.65. The third kappa shape index (κ3) is 5.73. The highest BCUT2D eigenvalue weighted by Crippen LogP contribution is 2.04. The topological polar surface area (TPSA) is 9.23 Å². The van der Waals surface area contributed by atoms with Gasteiger partial charge in [-0.2, -0.15) is 0 Å². The van der Waals surface area contributed by atoms with Crippen LogP contribution in [0.4, 0.5) is 8.78 Å². The Hall–Kier alpha value is -0.700. The smallest absolute Gasteiger partial charge is 0.221 e. The van der Waals surface area contributed by atoms with Gasteiger partial charge in [-0.1, -0.05) is 12.2 Å². The molecule has 0 N–H and O–H groups in total. The number of hydrogen-bond acceptors (Lipinski definition) is 1. The summed E-state index contributed by atoms with van der Waals surface area (Å²) in [5.41, 5.74) is 0.